The van der Waals surface area contributed by atoms with Gasteiger partial charge in [-0.3, -0.25) is 4.55 Å². The third-order valence-electron chi connectivity index (χ3n) is 7.52. The molecule has 0 aliphatic rings. The second-order valence-electron chi connectivity index (χ2n) is 16.4. The van der Waals surface area contributed by atoms with E-state index >= 15 is 0 Å². The molecule has 0 aliphatic heterocycles. The van der Waals surface area contributed by atoms with Crippen LogP contribution in [0.4, 0.5) is 12.6 Å². The molecule has 0 aliphatic carbocycles. The van der Waals surface area contributed by atoms with Gasteiger partial charge in [0.15, 0.2) is 14.3 Å². The number of carbonyl (C=O) groups is 1. The first kappa shape index (κ1) is 47.1. The molecule has 292 valence electrons. The number of halogens is 4. The summed E-state index contributed by atoms with van der Waals surface area (Å²) in [6.45, 7) is 27.2. The molecule has 6 nitrogen and oxygen atoms in total. The van der Waals surface area contributed by atoms with E-state index in [2.05, 4.69) is 206 Å². The second kappa shape index (κ2) is 18.7. The van der Waals surface area contributed by atoms with E-state index < -0.39 is 15.2 Å². The summed E-state index contributed by atoms with van der Waals surface area (Å²) in [6, 6.07) is 36.8. The molecule has 0 aromatic heterocycles. The zero-order valence-corrected chi connectivity index (χ0v) is 38.5. The van der Waals surface area contributed by atoms with E-state index in [1.165, 1.54) is 36.5 Å². The Balaban J connectivity index is 0.000000290. The summed E-state index contributed by atoms with van der Waals surface area (Å²) >= 11 is 3.01. The predicted octanol–water partition coefficient (Wildman–Crippen LogP) is 5.67. The SMILES string of the molecule is CC(C)(C)c1ccc([I+]c2ccc(C(C)(C)C)cc2)cc1.CC(C)(C)c1ccc([I+]c2ccc(C(C)(C)C)cc2)cc1.O=C(O)OOOS(O)(F)(F)=S. The summed E-state index contributed by atoms with van der Waals surface area (Å²) in [4.78, 5) is 12.4. The Morgan fingerprint density at radius 1 is 0.528 bits per heavy atom. The number of benzene rings is 4. The van der Waals surface area contributed by atoms with Crippen molar-refractivity contribution in [2.75, 3.05) is 0 Å². The third-order valence-corrected chi connectivity index (χ3v) is 13.3. The highest BCUT2D eigenvalue weighted by Gasteiger charge is 2.24. The normalized spacial score (nSPS) is 13.0. The highest BCUT2D eigenvalue weighted by molar-refractivity contribution is 8.40. The Kier molecular flexibility index (Phi) is 16.6. The fraction of sp³-hybridized carbons (Fsp3) is 0.390. The van der Waals surface area contributed by atoms with Gasteiger partial charge < -0.3 is 5.11 Å². The van der Waals surface area contributed by atoms with Crippen molar-refractivity contribution >= 4 is 26.4 Å². The Bertz CT molecular complexity index is 1580. The molecule has 0 radical (unpaired) electrons. The molecule has 0 amide bonds. The molecule has 0 spiro atoms. The minimum atomic E-state index is -6.48. The molecule has 12 heteroatoms. The van der Waals surface area contributed by atoms with Gasteiger partial charge in [-0.1, -0.05) is 139 Å². The maximum atomic E-state index is 11.7. The molecule has 4 rings (SSSR count). The van der Waals surface area contributed by atoms with Gasteiger partial charge in [-0.2, -0.15) is 0 Å². The van der Waals surface area contributed by atoms with Gasteiger partial charge in [-0.05, 0) is 96.8 Å². The Hall–Kier alpha value is -2.08. The molecule has 0 saturated heterocycles. The quantitative estimate of drug-likeness (QED) is 0.107. The summed E-state index contributed by atoms with van der Waals surface area (Å²) in [5, 5.41) is 10.5. The molecule has 2 N–H and O–H groups in total. The lowest BCUT2D eigenvalue weighted by Gasteiger charge is -2.21. The molecular formula is C41H54F2I2O6S2+2. The van der Waals surface area contributed by atoms with Crippen LogP contribution in [0.1, 0.15) is 105 Å². The maximum absolute atomic E-state index is 11.7. The van der Waals surface area contributed by atoms with Gasteiger partial charge in [0.05, 0.1) is 20.2 Å². The second-order valence-corrected chi connectivity index (χ2v) is 25.5. The molecule has 0 atom stereocenters. The van der Waals surface area contributed by atoms with Crippen LogP contribution in [0.5, 0.6) is 0 Å². The molecule has 0 heterocycles. The highest BCUT2D eigenvalue weighted by atomic mass is 127. The number of hydrogen-bond donors (Lipinski definition) is 2. The topological polar surface area (TPSA) is 85.2 Å². The van der Waals surface area contributed by atoms with Crippen molar-refractivity contribution in [1.82, 2.24) is 0 Å². The first-order valence-corrected chi connectivity index (χ1v) is 23.8. The van der Waals surface area contributed by atoms with Crippen molar-refractivity contribution in [3.8, 4) is 0 Å². The average molecular weight is 999 g/mol. The van der Waals surface area contributed by atoms with Crippen LogP contribution in [0.3, 0.4) is 0 Å². The maximum Gasteiger partial charge on any atom is 0.540 e. The smallest absolute Gasteiger partial charge is 0.448 e. The van der Waals surface area contributed by atoms with Crippen molar-refractivity contribution in [3.63, 3.8) is 0 Å². The van der Waals surface area contributed by atoms with Crippen molar-refractivity contribution in [2.24, 2.45) is 0 Å². The van der Waals surface area contributed by atoms with Gasteiger partial charge in [-0.25, -0.2) is 9.68 Å². The Morgan fingerprint density at radius 3 is 0.887 bits per heavy atom. The highest BCUT2D eigenvalue weighted by Crippen LogP contribution is 2.27. The first-order chi connectivity index (χ1) is 24.0. The fourth-order valence-electron chi connectivity index (χ4n) is 4.39. The molecule has 0 fully saturated rings. The lowest BCUT2D eigenvalue weighted by atomic mass is 9.87. The van der Waals surface area contributed by atoms with Gasteiger partial charge in [0.25, 0.3) is 0 Å². The van der Waals surface area contributed by atoms with Crippen LogP contribution >= 0.6 is 0 Å². The zero-order chi connectivity index (χ0) is 40.5. The van der Waals surface area contributed by atoms with Crippen LogP contribution in [-0.4, -0.2) is 15.8 Å². The lowest BCUT2D eigenvalue weighted by Crippen LogP contribution is -3.61. The molecular weight excluding hydrogens is 944 g/mol. The number of hydrogen-bond acceptors (Lipinski definition) is 5. The summed E-state index contributed by atoms with van der Waals surface area (Å²) in [5.41, 5.74) is 6.63. The Morgan fingerprint density at radius 2 is 0.736 bits per heavy atom. The zero-order valence-electron chi connectivity index (χ0n) is 32.6. The average Bonchev–Trinajstić information content (AvgIpc) is 3.00. The number of rotatable bonds is 7. The van der Waals surface area contributed by atoms with E-state index in [0.717, 1.165) is 0 Å². The minimum absolute atomic E-state index is 0.0703. The van der Waals surface area contributed by atoms with Crippen molar-refractivity contribution in [1.29, 1.82) is 0 Å². The van der Waals surface area contributed by atoms with E-state index in [4.69, 9.17) is 9.66 Å². The monoisotopic (exact) mass is 998 g/mol. The van der Waals surface area contributed by atoms with E-state index in [1.807, 2.05) is 0 Å². The van der Waals surface area contributed by atoms with Crippen LogP contribution in [0.2, 0.25) is 0 Å². The molecule has 4 aromatic carbocycles. The molecule has 53 heavy (non-hydrogen) atoms. The summed E-state index contributed by atoms with van der Waals surface area (Å²) in [7, 11) is -6.48. The van der Waals surface area contributed by atoms with E-state index in [9.17, 15) is 12.6 Å². The van der Waals surface area contributed by atoms with E-state index in [1.54, 1.807) is 0 Å². The van der Waals surface area contributed by atoms with Crippen molar-refractivity contribution < 1.29 is 78.9 Å². The molecule has 0 bridgehead atoms. The van der Waals surface area contributed by atoms with Crippen LogP contribution in [-0.2, 0) is 56.2 Å². The van der Waals surface area contributed by atoms with Crippen LogP contribution < -0.4 is 42.4 Å². The predicted molar refractivity (Wildman–Crippen MR) is 206 cm³/mol. The summed E-state index contributed by atoms with van der Waals surface area (Å²) < 4.78 is 39.9. The van der Waals surface area contributed by atoms with Gasteiger partial charge in [0, 0.05) is 5.04 Å². The third kappa shape index (κ3) is 18.9. The van der Waals surface area contributed by atoms with Crippen LogP contribution in [0, 0.1) is 14.3 Å². The van der Waals surface area contributed by atoms with Crippen LogP contribution in [0.15, 0.2) is 97.1 Å². The fourth-order valence-corrected chi connectivity index (χ4v) is 8.89. The van der Waals surface area contributed by atoms with Gasteiger partial charge in [0.2, 0.25) is 0 Å². The minimum Gasteiger partial charge on any atom is -0.448 e. The first-order valence-electron chi connectivity index (χ1n) is 16.8. The van der Waals surface area contributed by atoms with Crippen molar-refractivity contribution in [2.45, 2.75) is 105 Å². The van der Waals surface area contributed by atoms with Crippen molar-refractivity contribution in [3.05, 3.63) is 134 Å². The Labute approximate surface area is 341 Å². The van der Waals surface area contributed by atoms with Crippen LogP contribution in [0.25, 0.3) is 0 Å². The van der Waals surface area contributed by atoms with Gasteiger partial charge >= 0.3 is 48.6 Å². The molecule has 0 unspecified atom stereocenters. The van der Waals surface area contributed by atoms with Gasteiger partial charge in [0.1, 0.15) is 0 Å². The standard InChI is InChI=1S/2C20H26I.CH2F2O6S2/c2*1-19(2,3)15-7-11-17(12-8-15)21-18-13-9-16(10-14-18)20(4,5)6;2-11(3,6,10)9-8-7-1(4)5/h2*7-14H,1-6H3;(H,4,5)(H,6,10)/q2*+1;. The summed E-state index contributed by atoms with van der Waals surface area (Å²) in [5.74, 6) is 0. The number of carboxylic acid groups (broad SMARTS) is 1. The summed E-state index contributed by atoms with van der Waals surface area (Å²) in [6.07, 6.45) is -2.02. The largest absolute Gasteiger partial charge is 0.540 e. The lowest BCUT2D eigenvalue weighted by molar-refractivity contribution is -0.597. The van der Waals surface area contributed by atoms with E-state index in [0.29, 0.717) is 0 Å². The van der Waals surface area contributed by atoms with E-state index in [-0.39, 0.29) is 64.1 Å². The van der Waals surface area contributed by atoms with Gasteiger partial charge in [-0.15, -0.1) is 0 Å². The molecule has 4 aromatic rings. The molecule has 0 saturated carbocycles.